The zero-order valence-corrected chi connectivity index (χ0v) is 10.2. The molecule has 1 heterocycles. The Labute approximate surface area is 93.9 Å². The zero-order valence-electron chi connectivity index (χ0n) is 7.89. The van der Waals surface area contributed by atoms with E-state index < -0.39 is 0 Å². The molecule has 0 N–H and O–H groups in total. The zero-order chi connectivity index (χ0) is 9.84. The molecule has 0 fully saturated rings. The largest absolute Gasteiger partial charge is 0.128 e. The Morgan fingerprint density at radius 2 is 2.08 bits per heavy atom. The monoisotopic (exact) mass is 236 g/mol. The lowest BCUT2D eigenvalue weighted by molar-refractivity contribution is 0.425. The van der Waals surface area contributed by atoms with Crippen LogP contribution in [-0.2, 0) is 6.42 Å². The third-order valence-corrected chi connectivity index (χ3v) is 3.88. The molecule has 13 heavy (non-hydrogen) atoms. The van der Waals surface area contributed by atoms with Gasteiger partial charge in [0.2, 0.25) is 0 Å². The molecule has 1 unspecified atom stereocenters. The second kappa shape index (κ2) is 5.23. The van der Waals surface area contributed by atoms with Crippen molar-refractivity contribution in [2.24, 2.45) is 11.8 Å². The van der Waals surface area contributed by atoms with Crippen molar-refractivity contribution in [1.29, 1.82) is 0 Å². The van der Waals surface area contributed by atoms with Gasteiger partial charge in [-0.15, -0.1) is 22.9 Å². The topological polar surface area (TPSA) is 0 Å². The van der Waals surface area contributed by atoms with Crippen molar-refractivity contribution in [3.05, 3.63) is 21.3 Å². The summed E-state index contributed by atoms with van der Waals surface area (Å²) in [5.41, 5.74) is 0. The molecule has 3 heteroatoms. The number of thiophene rings is 1. The summed E-state index contributed by atoms with van der Waals surface area (Å²) in [6.07, 6.45) is 1.05. The van der Waals surface area contributed by atoms with Crippen LogP contribution in [0.1, 0.15) is 18.7 Å². The molecule has 0 saturated carbocycles. The quantitative estimate of drug-likeness (QED) is 0.678. The van der Waals surface area contributed by atoms with Gasteiger partial charge in [0.25, 0.3) is 0 Å². The van der Waals surface area contributed by atoms with Crippen molar-refractivity contribution in [1.82, 2.24) is 0 Å². The molecular formula is C10H14Cl2S. The normalized spacial score (nSPS) is 13.6. The van der Waals surface area contributed by atoms with Crippen LogP contribution in [0, 0.1) is 11.8 Å². The van der Waals surface area contributed by atoms with Gasteiger partial charge in [0.05, 0.1) is 4.34 Å². The third kappa shape index (κ3) is 3.49. The third-order valence-electron chi connectivity index (χ3n) is 2.23. The summed E-state index contributed by atoms with van der Waals surface area (Å²) >= 11 is 13.4. The van der Waals surface area contributed by atoms with Gasteiger partial charge in [0, 0.05) is 10.8 Å². The van der Waals surface area contributed by atoms with Gasteiger partial charge in [0.1, 0.15) is 0 Å². The first-order valence-electron chi connectivity index (χ1n) is 4.43. The molecule has 74 valence electrons. The lowest BCUT2D eigenvalue weighted by Gasteiger charge is -2.16. The van der Waals surface area contributed by atoms with Crippen LogP contribution in [0.15, 0.2) is 12.1 Å². The van der Waals surface area contributed by atoms with Crippen molar-refractivity contribution in [2.45, 2.75) is 20.3 Å². The summed E-state index contributed by atoms with van der Waals surface area (Å²) in [5.74, 6) is 1.93. The maximum absolute atomic E-state index is 5.89. The van der Waals surface area contributed by atoms with E-state index in [1.54, 1.807) is 11.3 Å². The van der Waals surface area contributed by atoms with E-state index in [0.29, 0.717) is 11.8 Å². The predicted molar refractivity (Wildman–Crippen MR) is 62.1 cm³/mol. The van der Waals surface area contributed by atoms with Gasteiger partial charge in [-0.25, -0.2) is 0 Å². The van der Waals surface area contributed by atoms with E-state index >= 15 is 0 Å². The molecule has 0 saturated heterocycles. The van der Waals surface area contributed by atoms with Crippen molar-refractivity contribution < 1.29 is 0 Å². The summed E-state index contributed by atoms with van der Waals surface area (Å²) < 4.78 is 0.868. The van der Waals surface area contributed by atoms with E-state index in [1.807, 2.05) is 6.07 Å². The number of alkyl halides is 1. The van der Waals surface area contributed by atoms with Gasteiger partial charge in [-0.2, -0.15) is 0 Å². The minimum absolute atomic E-state index is 0.566. The molecule has 0 aliphatic heterocycles. The van der Waals surface area contributed by atoms with E-state index in [2.05, 4.69) is 19.9 Å². The Morgan fingerprint density at radius 3 is 2.46 bits per heavy atom. The SMILES string of the molecule is CC(C)C(CCl)Cc1ccc(Cl)s1. The standard InChI is InChI=1S/C10H14Cl2S/c1-7(2)8(6-11)5-9-3-4-10(12)13-9/h3-4,7-8H,5-6H2,1-2H3. The second-order valence-corrected chi connectivity index (χ2v) is 5.68. The summed E-state index contributed by atoms with van der Waals surface area (Å²) in [6, 6.07) is 4.04. The van der Waals surface area contributed by atoms with Crippen molar-refractivity contribution in [3.8, 4) is 0 Å². The van der Waals surface area contributed by atoms with E-state index in [1.165, 1.54) is 4.88 Å². The highest BCUT2D eigenvalue weighted by molar-refractivity contribution is 7.16. The van der Waals surface area contributed by atoms with Crippen LogP contribution < -0.4 is 0 Å². The number of rotatable bonds is 4. The Morgan fingerprint density at radius 1 is 1.38 bits per heavy atom. The number of hydrogen-bond donors (Lipinski definition) is 0. The maximum Gasteiger partial charge on any atom is 0.0931 e. The van der Waals surface area contributed by atoms with Crippen LogP contribution in [0.4, 0.5) is 0 Å². The van der Waals surface area contributed by atoms with Gasteiger partial charge in [-0.3, -0.25) is 0 Å². The van der Waals surface area contributed by atoms with Gasteiger partial charge in [-0.05, 0) is 30.4 Å². The average Bonchev–Trinajstić information content (AvgIpc) is 2.46. The molecule has 1 rings (SSSR count). The van der Waals surface area contributed by atoms with Crippen molar-refractivity contribution in [2.75, 3.05) is 5.88 Å². The second-order valence-electron chi connectivity index (χ2n) is 3.57. The molecular weight excluding hydrogens is 223 g/mol. The smallest absolute Gasteiger partial charge is 0.0931 e. The van der Waals surface area contributed by atoms with Crippen molar-refractivity contribution >= 4 is 34.5 Å². The van der Waals surface area contributed by atoms with Gasteiger partial charge >= 0.3 is 0 Å². The van der Waals surface area contributed by atoms with Gasteiger partial charge in [-0.1, -0.05) is 25.4 Å². The highest BCUT2D eigenvalue weighted by Gasteiger charge is 2.13. The van der Waals surface area contributed by atoms with Gasteiger partial charge < -0.3 is 0 Å². The van der Waals surface area contributed by atoms with Crippen LogP contribution in [0.2, 0.25) is 4.34 Å². The fraction of sp³-hybridized carbons (Fsp3) is 0.600. The number of hydrogen-bond acceptors (Lipinski definition) is 1. The molecule has 0 aliphatic carbocycles. The summed E-state index contributed by atoms with van der Waals surface area (Å²) in [4.78, 5) is 1.34. The lowest BCUT2D eigenvalue weighted by Crippen LogP contribution is -2.12. The molecule has 1 aromatic heterocycles. The lowest BCUT2D eigenvalue weighted by atomic mass is 9.94. The first-order valence-corrected chi connectivity index (χ1v) is 6.16. The highest BCUT2D eigenvalue weighted by Crippen LogP contribution is 2.26. The molecule has 0 radical (unpaired) electrons. The van der Waals surface area contributed by atoms with Crippen LogP contribution in [-0.4, -0.2) is 5.88 Å². The Kier molecular flexibility index (Phi) is 4.57. The Hall–Kier alpha value is 0.280. The van der Waals surface area contributed by atoms with Crippen LogP contribution in [0.3, 0.4) is 0 Å². The maximum atomic E-state index is 5.89. The van der Waals surface area contributed by atoms with Crippen LogP contribution >= 0.6 is 34.5 Å². The fourth-order valence-corrected chi connectivity index (χ4v) is 2.83. The summed E-state index contributed by atoms with van der Waals surface area (Å²) in [7, 11) is 0. The molecule has 0 spiro atoms. The Bertz CT molecular complexity index is 255. The Balaban J connectivity index is 2.56. The molecule has 0 amide bonds. The van der Waals surface area contributed by atoms with Crippen LogP contribution in [0.25, 0.3) is 0 Å². The average molecular weight is 237 g/mol. The minimum Gasteiger partial charge on any atom is -0.128 e. The van der Waals surface area contributed by atoms with Crippen LogP contribution in [0.5, 0.6) is 0 Å². The van der Waals surface area contributed by atoms with E-state index in [0.717, 1.165) is 16.6 Å². The van der Waals surface area contributed by atoms with Crippen molar-refractivity contribution in [3.63, 3.8) is 0 Å². The molecule has 1 aromatic rings. The van der Waals surface area contributed by atoms with E-state index in [4.69, 9.17) is 23.2 Å². The number of halogens is 2. The van der Waals surface area contributed by atoms with E-state index in [9.17, 15) is 0 Å². The fourth-order valence-electron chi connectivity index (χ4n) is 1.19. The molecule has 0 nitrogen and oxygen atoms in total. The molecule has 0 bridgehead atoms. The summed E-state index contributed by atoms with van der Waals surface area (Å²) in [5, 5.41) is 0. The highest BCUT2D eigenvalue weighted by atomic mass is 35.5. The predicted octanol–water partition coefficient (Wildman–Crippen LogP) is 4.46. The molecule has 0 aliphatic rings. The minimum atomic E-state index is 0.566. The summed E-state index contributed by atoms with van der Waals surface area (Å²) in [6.45, 7) is 4.42. The first-order chi connectivity index (χ1) is 6.13. The van der Waals surface area contributed by atoms with E-state index in [-0.39, 0.29) is 0 Å². The molecule has 1 atom stereocenters. The van der Waals surface area contributed by atoms with Gasteiger partial charge in [0.15, 0.2) is 0 Å². The molecule has 0 aromatic carbocycles. The first kappa shape index (κ1) is 11.4.